The Morgan fingerprint density at radius 2 is 1.72 bits per heavy atom. The van der Waals surface area contributed by atoms with E-state index in [9.17, 15) is 13.2 Å². The van der Waals surface area contributed by atoms with Crippen molar-refractivity contribution in [2.24, 2.45) is 5.84 Å². The molecule has 2 rings (SSSR count). The Bertz CT molecular complexity index is 446. The number of nitrogen functional groups attached to an aromatic ring is 1. The monoisotopic (exact) mass is 261 g/mol. The van der Waals surface area contributed by atoms with Gasteiger partial charge in [-0.3, -0.25) is 0 Å². The van der Waals surface area contributed by atoms with E-state index in [1.165, 1.54) is 4.90 Å². The molecule has 0 bridgehead atoms. The Kier molecular flexibility index (Phi) is 3.58. The van der Waals surface area contributed by atoms with Gasteiger partial charge in [-0.25, -0.2) is 10.2 Å². The minimum atomic E-state index is -1.36. The van der Waals surface area contributed by atoms with Gasteiger partial charge in [0.25, 0.3) is 5.95 Å². The van der Waals surface area contributed by atoms with Crippen LogP contribution in [-0.4, -0.2) is 43.1 Å². The highest BCUT2D eigenvalue weighted by atomic mass is 19.2. The number of anilines is 2. The molecular formula is C10H14F3N5. The van der Waals surface area contributed by atoms with E-state index in [1.54, 1.807) is 0 Å². The minimum Gasteiger partial charge on any atom is -0.364 e. The molecule has 0 aliphatic carbocycles. The quantitative estimate of drug-likeness (QED) is 0.462. The van der Waals surface area contributed by atoms with Crippen LogP contribution in [0.5, 0.6) is 0 Å². The van der Waals surface area contributed by atoms with Gasteiger partial charge in [0.15, 0.2) is 11.6 Å². The zero-order valence-electron chi connectivity index (χ0n) is 9.88. The van der Waals surface area contributed by atoms with Crippen molar-refractivity contribution in [2.75, 3.05) is 43.6 Å². The van der Waals surface area contributed by atoms with E-state index in [4.69, 9.17) is 5.84 Å². The van der Waals surface area contributed by atoms with Crippen LogP contribution in [0.15, 0.2) is 0 Å². The third-order valence-corrected chi connectivity index (χ3v) is 2.97. The smallest absolute Gasteiger partial charge is 0.253 e. The summed E-state index contributed by atoms with van der Waals surface area (Å²) in [6.45, 7) is 2.12. The number of piperazine rings is 1. The predicted octanol–water partition coefficient (Wildman–Crippen LogP) is 0.536. The second-order valence-corrected chi connectivity index (χ2v) is 4.16. The van der Waals surface area contributed by atoms with E-state index in [1.807, 2.05) is 17.4 Å². The van der Waals surface area contributed by atoms with Gasteiger partial charge in [-0.05, 0) is 7.05 Å². The van der Waals surface area contributed by atoms with Gasteiger partial charge in [-0.15, -0.1) is 0 Å². The van der Waals surface area contributed by atoms with Crippen LogP contribution in [0.1, 0.15) is 0 Å². The van der Waals surface area contributed by atoms with Gasteiger partial charge in [0.05, 0.1) is 0 Å². The molecule has 0 saturated carbocycles. The van der Waals surface area contributed by atoms with E-state index in [0.29, 0.717) is 26.2 Å². The van der Waals surface area contributed by atoms with Crippen LogP contribution in [0.25, 0.3) is 0 Å². The fourth-order valence-corrected chi connectivity index (χ4v) is 1.91. The van der Waals surface area contributed by atoms with E-state index >= 15 is 0 Å². The van der Waals surface area contributed by atoms with Gasteiger partial charge in [0.2, 0.25) is 5.82 Å². The summed E-state index contributed by atoms with van der Waals surface area (Å²) in [7, 11) is 1.91. The van der Waals surface area contributed by atoms with Crippen molar-refractivity contribution in [1.29, 1.82) is 0 Å². The lowest BCUT2D eigenvalue weighted by Gasteiger charge is -2.34. The van der Waals surface area contributed by atoms with Crippen LogP contribution in [0.4, 0.5) is 24.7 Å². The largest absolute Gasteiger partial charge is 0.364 e. The average molecular weight is 261 g/mol. The van der Waals surface area contributed by atoms with Gasteiger partial charge in [0.1, 0.15) is 5.69 Å². The molecule has 100 valence electrons. The molecule has 1 aliphatic heterocycles. The Morgan fingerprint density at radius 1 is 1.11 bits per heavy atom. The topological polar surface area (TPSA) is 57.4 Å². The van der Waals surface area contributed by atoms with Crippen molar-refractivity contribution in [3.8, 4) is 0 Å². The number of hydrogen-bond donors (Lipinski definition) is 2. The van der Waals surface area contributed by atoms with Crippen LogP contribution >= 0.6 is 0 Å². The molecule has 1 saturated heterocycles. The number of rotatable bonds is 2. The Morgan fingerprint density at radius 3 is 2.28 bits per heavy atom. The zero-order valence-corrected chi connectivity index (χ0v) is 9.88. The molecule has 0 amide bonds. The van der Waals surface area contributed by atoms with Crippen molar-refractivity contribution >= 4 is 11.5 Å². The van der Waals surface area contributed by atoms with E-state index in [0.717, 1.165) is 0 Å². The van der Waals surface area contributed by atoms with Crippen molar-refractivity contribution in [2.45, 2.75) is 0 Å². The maximum atomic E-state index is 13.9. The first-order valence-corrected chi connectivity index (χ1v) is 5.49. The summed E-state index contributed by atoms with van der Waals surface area (Å²) in [6, 6.07) is 0. The highest BCUT2D eigenvalue weighted by Gasteiger charge is 2.26. The Hall–Kier alpha value is -1.54. The van der Waals surface area contributed by atoms with Crippen LogP contribution in [0.2, 0.25) is 0 Å². The summed E-state index contributed by atoms with van der Waals surface area (Å²) < 4.78 is 40.8. The third-order valence-electron chi connectivity index (χ3n) is 2.97. The molecule has 1 fully saturated rings. The number of hydrazine groups is 1. The summed E-state index contributed by atoms with van der Waals surface area (Å²) in [5, 5.41) is 0. The first-order chi connectivity index (χ1) is 8.54. The summed E-state index contributed by atoms with van der Waals surface area (Å²) in [4.78, 5) is 6.55. The van der Waals surface area contributed by atoms with Crippen molar-refractivity contribution in [3.63, 3.8) is 0 Å². The fraction of sp³-hybridized carbons (Fsp3) is 0.500. The normalized spacial score (nSPS) is 17.1. The van der Waals surface area contributed by atoms with Crippen LogP contribution in [0, 0.1) is 17.6 Å². The lowest BCUT2D eigenvalue weighted by Crippen LogP contribution is -2.45. The van der Waals surface area contributed by atoms with Gasteiger partial charge < -0.3 is 15.2 Å². The minimum absolute atomic E-state index is 0.413. The molecule has 0 radical (unpaired) electrons. The second kappa shape index (κ2) is 4.99. The number of nitrogens with zero attached hydrogens (tertiary/aromatic N) is 3. The number of hydrogen-bond acceptors (Lipinski definition) is 5. The van der Waals surface area contributed by atoms with Gasteiger partial charge in [0, 0.05) is 26.2 Å². The van der Waals surface area contributed by atoms with Crippen LogP contribution in [-0.2, 0) is 0 Å². The summed E-state index contributed by atoms with van der Waals surface area (Å²) in [6.07, 6.45) is 0. The highest BCUT2D eigenvalue weighted by Crippen LogP contribution is 2.29. The van der Waals surface area contributed by atoms with E-state index in [-0.39, 0.29) is 0 Å². The second-order valence-electron chi connectivity index (χ2n) is 4.16. The summed E-state index contributed by atoms with van der Waals surface area (Å²) >= 11 is 0. The molecule has 8 heteroatoms. The number of nitrogens with two attached hydrogens (primary N) is 1. The van der Waals surface area contributed by atoms with Crippen molar-refractivity contribution in [3.05, 3.63) is 17.6 Å². The zero-order chi connectivity index (χ0) is 13.3. The summed E-state index contributed by atoms with van der Waals surface area (Å²) in [5.41, 5.74) is 1.51. The SMILES string of the molecule is CN1CCN(c2c(F)c(F)nc(NN)c2F)CC1. The standard InChI is InChI=1S/C10H14F3N5/c1-17-2-4-18(5-3-17)8-6(11)9(13)15-10(16-14)7(8)12/h2-5,14H2,1H3,(H,15,16). The molecule has 0 atom stereocenters. The molecule has 1 aliphatic rings. The van der Waals surface area contributed by atoms with Crippen molar-refractivity contribution in [1.82, 2.24) is 9.88 Å². The van der Waals surface area contributed by atoms with Crippen molar-refractivity contribution < 1.29 is 13.2 Å². The Balaban J connectivity index is 2.39. The number of likely N-dealkylation sites (N-methyl/N-ethyl adjacent to an activating group) is 1. The number of pyridine rings is 1. The first-order valence-electron chi connectivity index (χ1n) is 5.49. The maximum Gasteiger partial charge on any atom is 0.253 e. The maximum absolute atomic E-state index is 13.9. The van der Waals surface area contributed by atoms with E-state index in [2.05, 4.69) is 4.98 Å². The number of nitrogens with one attached hydrogen (secondary N) is 1. The molecule has 2 heterocycles. The molecule has 3 N–H and O–H groups in total. The first kappa shape index (κ1) is 12.9. The molecule has 1 aromatic rings. The molecular weight excluding hydrogens is 247 g/mol. The molecule has 1 aromatic heterocycles. The summed E-state index contributed by atoms with van der Waals surface area (Å²) in [5.74, 6) is 0.909. The van der Waals surface area contributed by atoms with Gasteiger partial charge in [-0.1, -0.05) is 0 Å². The van der Waals surface area contributed by atoms with Gasteiger partial charge >= 0.3 is 0 Å². The highest BCUT2D eigenvalue weighted by molar-refractivity contribution is 5.57. The lowest BCUT2D eigenvalue weighted by atomic mass is 10.2. The average Bonchev–Trinajstić information content (AvgIpc) is 2.36. The Labute approximate surface area is 102 Å². The fourth-order valence-electron chi connectivity index (χ4n) is 1.91. The number of halogens is 3. The van der Waals surface area contributed by atoms with E-state index < -0.39 is 29.1 Å². The predicted molar refractivity (Wildman–Crippen MR) is 61.6 cm³/mol. The number of aromatic nitrogens is 1. The molecule has 5 nitrogen and oxygen atoms in total. The van der Waals surface area contributed by atoms with Crippen LogP contribution in [0.3, 0.4) is 0 Å². The molecule has 0 spiro atoms. The molecule has 0 aromatic carbocycles. The third kappa shape index (κ3) is 2.21. The van der Waals surface area contributed by atoms with Crippen LogP contribution < -0.4 is 16.2 Å². The van der Waals surface area contributed by atoms with Gasteiger partial charge in [-0.2, -0.15) is 13.8 Å². The lowest BCUT2D eigenvalue weighted by molar-refractivity contribution is 0.309. The molecule has 18 heavy (non-hydrogen) atoms. The molecule has 0 unspecified atom stereocenters.